The monoisotopic (exact) mass is 341 g/mol. The van der Waals surface area contributed by atoms with Crippen molar-refractivity contribution >= 4 is 28.3 Å². The number of halogens is 2. The number of fused-ring (bicyclic) bond motifs is 1. The molecule has 1 aromatic heterocycles. The highest BCUT2D eigenvalue weighted by atomic mass is 35.5. The fourth-order valence-electron chi connectivity index (χ4n) is 2.44. The summed E-state index contributed by atoms with van der Waals surface area (Å²) in [6.45, 7) is 0.0674. The number of anilines is 1. The number of hydrogen-bond acceptors (Lipinski definition) is 4. The van der Waals surface area contributed by atoms with Crippen LogP contribution in [0.15, 0.2) is 48.5 Å². The Hall–Kier alpha value is -2.68. The van der Waals surface area contributed by atoms with Gasteiger partial charge in [0.2, 0.25) is 0 Å². The van der Waals surface area contributed by atoms with Crippen LogP contribution in [0.3, 0.4) is 0 Å². The zero-order valence-corrected chi connectivity index (χ0v) is 13.3. The average molecular weight is 342 g/mol. The van der Waals surface area contributed by atoms with E-state index in [1.165, 1.54) is 12.1 Å². The molecule has 0 aliphatic heterocycles. The van der Waals surface area contributed by atoms with Crippen LogP contribution >= 0.6 is 11.6 Å². The molecule has 2 N–H and O–H groups in total. The number of rotatable bonds is 4. The van der Waals surface area contributed by atoms with Crippen LogP contribution < -0.4 is 5.32 Å². The van der Waals surface area contributed by atoms with E-state index < -0.39 is 11.9 Å². The van der Waals surface area contributed by atoms with Crippen molar-refractivity contribution in [3.8, 4) is 6.07 Å². The zero-order chi connectivity index (χ0) is 17.1. The first-order valence-electron chi connectivity index (χ1n) is 7.25. The molecule has 0 amide bonds. The summed E-state index contributed by atoms with van der Waals surface area (Å²) in [5.74, 6) is -0.0395. The maximum absolute atomic E-state index is 13.7. The Balaban J connectivity index is 1.84. The number of benzene rings is 2. The number of aromatic nitrogens is 1. The number of aliphatic hydroxyl groups is 1. The molecule has 120 valence electrons. The summed E-state index contributed by atoms with van der Waals surface area (Å²) >= 11 is 5.95. The number of nitriles is 1. The summed E-state index contributed by atoms with van der Waals surface area (Å²) in [4.78, 5) is 4.39. The molecule has 2 aromatic carbocycles. The van der Waals surface area contributed by atoms with Gasteiger partial charge < -0.3 is 10.4 Å². The minimum atomic E-state index is -1.03. The normalized spacial score (nSPS) is 11.9. The molecule has 0 saturated carbocycles. The standard InChI is InChI=1S/C18H13ClFN3O/c19-12-5-6-16-14(8-12)11(9-21)7-18(23-16)22-10-17(24)13-3-1-2-4-15(13)20/h1-8,17,24H,10H2,(H,22,23). The Bertz CT molecular complexity index is 939. The Morgan fingerprint density at radius 3 is 2.79 bits per heavy atom. The molecule has 0 fully saturated rings. The minimum absolute atomic E-state index is 0.0674. The zero-order valence-electron chi connectivity index (χ0n) is 12.5. The van der Waals surface area contributed by atoms with Gasteiger partial charge in [-0.3, -0.25) is 0 Å². The average Bonchev–Trinajstić information content (AvgIpc) is 2.59. The fraction of sp³-hybridized carbons (Fsp3) is 0.111. The SMILES string of the molecule is N#Cc1cc(NCC(O)c2ccccc2F)nc2ccc(Cl)cc12. The van der Waals surface area contributed by atoms with Crippen LogP contribution in [-0.2, 0) is 0 Å². The molecule has 0 aliphatic rings. The highest BCUT2D eigenvalue weighted by Crippen LogP contribution is 2.24. The smallest absolute Gasteiger partial charge is 0.129 e. The van der Waals surface area contributed by atoms with Crippen molar-refractivity contribution in [2.45, 2.75) is 6.10 Å². The van der Waals surface area contributed by atoms with Crippen molar-refractivity contribution < 1.29 is 9.50 Å². The second-order valence-electron chi connectivity index (χ2n) is 5.25. The first-order chi connectivity index (χ1) is 11.6. The van der Waals surface area contributed by atoms with E-state index in [9.17, 15) is 14.8 Å². The minimum Gasteiger partial charge on any atom is -0.386 e. The molecular formula is C18H13ClFN3O. The number of nitrogens with zero attached hydrogens (tertiary/aromatic N) is 2. The predicted octanol–water partition coefficient (Wildman–Crippen LogP) is 4.04. The Labute approximate surface area is 143 Å². The summed E-state index contributed by atoms with van der Waals surface area (Å²) in [5.41, 5.74) is 1.24. The van der Waals surface area contributed by atoms with Crippen LogP contribution in [0.1, 0.15) is 17.2 Å². The van der Waals surface area contributed by atoms with Crippen LogP contribution in [0.5, 0.6) is 0 Å². The van der Waals surface area contributed by atoms with Crippen LogP contribution in [-0.4, -0.2) is 16.6 Å². The molecule has 6 heteroatoms. The second kappa shape index (κ2) is 6.83. The van der Waals surface area contributed by atoms with E-state index in [4.69, 9.17) is 11.6 Å². The van der Waals surface area contributed by atoms with Gasteiger partial charge in [0.25, 0.3) is 0 Å². The summed E-state index contributed by atoms with van der Waals surface area (Å²) in [5, 5.41) is 23.5. The topological polar surface area (TPSA) is 68.9 Å². The van der Waals surface area contributed by atoms with Gasteiger partial charge in [-0.1, -0.05) is 29.8 Å². The van der Waals surface area contributed by atoms with E-state index in [2.05, 4.69) is 16.4 Å². The van der Waals surface area contributed by atoms with Gasteiger partial charge in [-0.2, -0.15) is 5.26 Å². The highest BCUT2D eigenvalue weighted by molar-refractivity contribution is 6.31. The van der Waals surface area contributed by atoms with Crippen LogP contribution in [0.25, 0.3) is 10.9 Å². The molecule has 1 atom stereocenters. The van der Waals surface area contributed by atoms with Gasteiger partial charge in [0.1, 0.15) is 11.6 Å². The third-order valence-corrected chi connectivity index (χ3v) is 3.87. The number of hydrogen-bond donors (Lipinski definition) is 2. The molecule has 0 saturated heterocycles. The summed E-state index contributed by atoms with van der Waals surface area (Å²) in [6, 6.07) is 14.8. The van der Waals surface area contributed by atoms with Gasteiger partial charge in [-0.25, -0.2) is 9.37 Å². The van der Waals surface area contributed by atoms with Gasteiger partial charge in [0, 0.05) is 22.5 Å². The number of aliphatic hydroxyl groups excluding tert-OH is 1. The summed E-state index contributed by atoms with van der Waals surface area (Å²) in [7, 11) is 0. The lowest BCUT2D eigenvalue weighted by Crippen LogP contribution is -2.14. The van der Waals surface area contributed by atoms with Gasteiger partial charge >= 0.3 is 0 Å². The van der Waals surface area contributed by atoms with Crippen molar-refractivity contribution in [2.75, 3.05) is 11.9 Å². The van der Waals surface area contributed by atoms with Gasteiger partial charge in [-0.05, 0) is 30.3 Å². The molecule has 0 spiro atoms. The summed E-state index contributed by atoms with van der Waals surface area (Å²) < 4.78 is 13.7. The largest absolute Gasteiger partial charge is 0.386 e. The molecule has 4 nitrogen and oxygen atoms in total. The van der Waals surface area contributed by atoms with Crippen molar-refractivity contribution in [3.05, 3.63) is 70.5 Å². The Kier molecular flexibility index (Phi) is 4.61. The van der Waals surface area contributed by atoms with Gasteiger partial charge in [0.15, 0.2) is 0 Å². The van der Waals surface area contributed by atoms with E-state index in [-0.39, 0.29) is 12.1 Å². The van der Waals surface area contributed by atoms with Crippen molar-refractivity contribution in [2.24, 2.45) is 0 Å². The number of pyridine rings is 1. The third kappa shape index (κ3) is 3.30. The lowest BCUT2D eigenvalue weighted by Gasteiger charge is -2.14. The maximum Gasteiger partial charge on any atom is 0.129 e. The lowest BCUT2D eigenvalue weighted by atomic mass is 10.1. The number of nitrogens with one attached hydrogen (secondary N) is 1. The van der Waals surface area contributed by atoms with Gasteiger partial charge in [0.05, 0.1) is 23.3 Å². The van der Waals surface area contributed by atoms with Crippen molar-refractivity contribution in [1.82, 2.24) is 4.98 Å². The summed E-state index contributed by atoms with van der Waals surface area (Å²) in [6.07, 6.45) is -1.03. The van der Waals surface area contributed by atoms with E-state index >= 15 is 0 Å². The van der Waals surface area contributed by atoms with Crippen molar-refractivity contribution in [1.29, 1.82) is 5.26 Å². The van der Waals surface area contributed by atoms with E-state index in [1.54, 1.807) is 36.4 Å². The Morgan fingerprint density at radius 2 is 2.04 bits per heavy atom. The molecule has 0 radical (unpaired) electrons. The van der Waals surface area contributed by atoms with Crippen molar-refractivity contribution in [3.63, 3.8) is 0 Å². The molecule has 3 aromatic rings. The first-order valence-corrected chi connectivity index (χ1v) is 7.63. The molecular weight excluding hydrogens is 329 g/mol. The quantitative estimate of drug-likeness (QED) is 0.751. The second-order valence-corrected chi connectivity index (χ2v) is 5.68. The van der Waals surface area contributed by atoms with Crippen LogP contribution in [0.2, 0.25) is 5.02 Å². The maximum atomic E-state index is 13.7. The molecule has 1 unspecified atom stereocenters. The lowest BCUT2D eigenvalue weighted by molar-refractivity contribution is 0.186. The molecule has 0 aliphatic carbocycles. The van der Waals surface area contributed by atoms with E-state index in [0.29, 0.717) is 27.3 Å². The molecule has 24 heavy (non-hydrogen) atoms. The highest BCUT2D eigenvalue weighted by Gasteiger charge is 2.13. The van der Waals surface area contributed by atoms with Crippen LogP contribution in [0.4, 0.5) is 10.2 Å². The molecule has 1 heterocycles. The first kappa shape index (κ1) is 16.2. The Morgan fingerprint density at radius 1 is 1.25 bits per heavy atom. The molecule has 3 rings (SSSR count). The van der Waals surface area contributed by atoms with Crippen LogP contribution in [0, 0.1) is 17.1 Å². The van der Waals surface area contributed by atoms with E-state index in [1.807, 2.05) is 0 Å². The van der Waals surface area contributed by atoms with E-state index in [0.717, 1.165) is 0 Å². The predicted molar refractivity (Wildman–Crippen MR) is 91.3 cm³/mol. The van der Waals surface area contributed by atoms with Gasteiger partial charge in [-0.15, -0.1) is 0 Å². The third-order valence-electron chi connectivity index (χ3n) is 3.63. The molecule has 0 bridgehead atoms. The fourth-order valence-corrected chi connectivity index (χ4v) is 2.61.